The topological polar surface area (TPSA) is 130 Å². The second-order valence-electron chi connectivity index (χ2n) is 4.28. The van der Waals surface area contributed by atoms with Crippen molar-refractivity contribution in [2.75, 3.05) is 18.4 Å². The van der Waals surface area contributed by atoms with Gasteiger partial charge in [-0.1, -0.05) is 0 Å². The van der Waals surface area contributed by atoms with E-state index in [4.69, 9.17) is 10.8 Å². The Labute approximate surface area is 120 Å². The Bertz CT molecular complexity index is 552. The fourth-order valence-electron chi connectivity index (χ4n) is 1.63. The molecule has 21 heavy (non-hydrogen) atoms. The number of primary amides is 1. The quantitative estimate of drug-likeness (QED) is 0.660. The molecule has 0 bridgehead atoms. The zero-order chi connectivity index (χ0) is 16.0. The number of carbonyl (C=O) groups excluding carboxylic acids is 3. The molecule has 0 aliphatic carbocycles. The van der Waals surface area contributed by atoms with Gasteiger partial charge in [-0.25, -0.2) is 0 Å². The Morgan fingerprint density at radius 2 is 1.71 bits per heavy atom. The lowest BCUT2D eigenvalue weighted by Gasteiger charge is -2.19. The fraction of sp³-hybridized carbons (Fsp3) is 0.231. The Morgan fingerprint density at radius 1 is 1.14 bits per heavy atom. The first-order valence-electron chi connectivity index (χ1n) is 5.96. The molecule has 0 aromatic heterocycles. The first kappa shape index (κ1) is 16.2. The number of anilines is 1. The fourth-order valence-corrected chi connectivity index (χ4v) is 1.63. The predicted molar refractivity (Wildman–Crippen MR) is 73.5 cm³/mol. The SMILES string of the molecule is CC(=O)Nc1ccc(C(=O)N(CC(N)=O)CC(=O)O)cc1. The lowest BCUT2D eigenvalue weighted by Crippen LogP contribution is -2.41. The number of nitrogens with one attached hydrogen (secondary N) is 1. The minimum absolute atomic E-state index is 0.187. The molecule has 8 nitrogen and oxygen atoms in total. The van der Waals surface area contributed by atoms with Gasteiger partial charge in [-0.15, -0.1) is 0 Å². The average molecular weight is 293 g/mol. The zero-order valence-corrected chi connectivity index (χ0v) is 11.3. The average Bonchev–Trinajstić information content (AvgIpc) is 2.36. The van der Waals surface area contributed by atoms with Crippen molar-refractivity contribution >= 4 is 29.4 Å². The van der Waals surface area contributed by atoms with Gasteiger partial charge in [-0.05, 0) is 24.3 Å². The van der Waals surface area contributed by atoms with E-state index in [1.165, 1.54) is 31.2 Å². The number of nitrogens with zero attached hydrogens (tertiary/aromatic N) is 1. The predicted octanol–water partition coefficient (Wildman–Crippen LogP) is -0.343. The first-order chi connectivity index (χ1) is 9.79. The van der Waals surface area contributed by atoms with E-state index in [9.17, 15) is 19.2 Å². The van der Waals surface area contributed by atoms with Gasteiger partial charge in [0.05, 0.1) is 0 Å². The molecule has 0 unspecified atom stereocenters. The summed E-state index contributed by atoms with van der Waals surface area (Å²) >= 11 is 0. The Hall–Kier alpha value is -2.90. The van der Waals surface area contributed by atoms with Gasteiger partial charge in [0.15, 0.2) is 0 Å². The molecule has 0 aliphatic heterocycles. The molecule has 0 saturated heterocycles. The van der Waals surface area contributed by atoms with E-state index >= 15 is 0 Å². The molecule has 1 aromatic carbocycles. The van der Waals surface area contributed by atoms with Crippen molar-refractivity contribution in [3.8, 4) is 0 Å². The second-order valence-corrected chi connectivity index (χ2v) is 4.28. The van der Waals surface area contributed by atoms with Crippen LogP contribution in [0.15, 0.2) is 24.3 Å². The Morgan fingerprint density at radius 3 is 2.14 bits per heavy atom. The number of carbonyl (C=O) groups is 4. The van der Waals surface area contributed by atoms with Gasteiger partial charge >= 0.3 is 5.97 Å². The van der Waals surface area contributed by atoms with Crippen LogP contribution in [0.25, 0.3) is 0 Å². The number of amides is 3. The Kier molecular flexibility index (Phi) is 5.41. The first-order valence-corrected chi connectivity index (χ1v) is 5.96. The maximum absolute atomic E-state index is 12.1. The van der Waals surface area contributed by atoms with Gasteiger partial charge in [0, 0.05) is 18.2 Å². The molecule has 0 atom stereocenters. The number of aliphatic carboxylic acids is 1. The van der Waals surface area contributed by atoms with Crippen molar-refractivity contribution in [2.45, 2.75) is 6.92 Å². The minimum atomic E-state index is -1.25. The highest BCUT2D eigenvalue weighted by Gasteiger charge is 2.20. The van der Waals surface area contributed by atoms with Gasteiger partial charge in [0.25, 0.3) is 5.91 Å². The van der Waals surface area contributed by atoms with Crippen molar-refractivity contribution in [3.63, 3.8) is 0 Å². The van der Waals surface area contributed by atoms with Gasteiger partial charge in [0.2, 0.25) is 11.8 Å². The molecule has 1 rings (SSSR count). The summed E-state index contributed by atoms with van der Waals surface area (Å²) < 4.78 is 0. The van der Waals surface area contributed by atoms with Crippen molar-refractivity contribution in [3.05, 3.63) is 29.8 Å². The molecular weight excluding hydrogens is 278 g/mol. The molecule has 0 heterocycles. The third-order valence-electron chi connectivity index (χ3n) is 2.41. The maximum atomic E-state index is 12.1. The van der Waals surface area contributed by atoms with Gasteiger partial charge in [-0.3, -0.25) is 19.2 Å². The van der Waals surface area contributed by atoms with Crippen LogP contribution in [0.5, 0.6) is 0 Å². The van der Waals surface area contributed by atoms with E-state index in [0.717, 1.165) is 4.90 Å². The molecule has 0 saturated carbocycles. The molecule has 4 N–H and O–H groups in total. The number of hydrogen-bond donors (Lipinski definition) is 3. The van der Waals surface area contributed by atoms with E-state index in [2.05, 4.69) is 5.32 Å². The van der Waals surface area contributed by atoms with E-state index in [1.807, 2.05) is 0 Å². The molecule has 112 valence electrons. The summed E-state index contributed by atoms with van der Waals surface area (Å²) in [4.78, 5) is 45.4. The number of nitrogens with two attached hydrogens (primary N) is 1. The highest BCUT2D eigenvalue weighted by molar-refractivity contribution is 5.98. The van der Waals surface area contributed by atoms with Crippen molar-refractivity contribution < 1.29 is 24.3 Å². The summed E-state index contributed by atoms with van der Waals surface area (Å²) in [6.45, 7) is 0.230. The lowest BCUT2D eigenvalue weighted by molar-refractivity contribution is -0.138. The Balaban J connectivity index is 2.89. The molecule has 0 radical (unpaired) electrons. The van der Waals surface area contributed by atoms with Crippen molar-refractivity contribution in [1.29, 1.82) is 0 Å². The molecule has 0 spiro atoms. The monoisotopic (exact) mass is 293 g/mol. The van der Waals surface area contributed by atoms with Crippen LogP contribution in [0.4, 0.5) is 5.69 Å². The van der Waals surface area contributed by atoms with Crippen LogP contribution in [0.1, 0.15) is 17.3 Å². The van der Waals surface area contributed by atoms with Crippen molar-refractivity contribution in [2.24, 2.45) is 5.73 Å². The van der Waals surface area contributed by atoms with Crippen LogP contribution in [0.2, 0.25) is 0 Å². The maximum Gasteiger partial charge on any atom is 0.323 e. The van der Waals surface area contributed by atoms with Gasteiger partial charge in [0.1, 0.15) is 13.1 Å². The number of carboxylic acid groups (broad SMARTS) is 1. The summed E-state index contributed by atoms with van der Waals surface area (Å²) in [5, 5.41) is 11.3. The standard InChI is InChI=1S/C13H15N3O5/c1-8(17)15-10-4-2-9(3-5-10)13(21)16(6-11(14)18)7-12(19)20/h2-5H,6-7H2,1H3,(H2,14,18)(H,15,17)(H,19,20). The summed E-state index contributed by atoms with van der Waals surface area (Å²) in [5.41, 5.74) is 5.68. The second kappa shape index (κ2) is 7.04. The van der Waals surface area contributed by atoms with Crippen LogP contribution >= 0.6 is 0 Å². The van der Waals surface area contributed by atoms with Crippen LogP contribution in [0, 0.1) is 0 Å². The molecular formula is C13H15N3O5. The molecule has 1 aromatic rings. The van der Waals surface area contributed by atoms with Crippen LogP contribution in [-0.2, 0) is 14.4 Å². The molecule has 8 heteroatoms. The van der Waals surface area contributed by atoms with Gasteiger partial charge < -0.3 is 21.1 Å². The van der Waals surface area contributed by atoms with Crippen LogP contribution < -0.4 is 11.1 Å². The normalized spacial score (nSPS) is 9.76. The highest BCUT2D eigenvalue weighted by atomic mass is 16.4. The number of rotatable bonds is 6. The zero-order valence-electron chi connectivity index (χ0n) is 11.3. The van der Waals surface area contributed by atoms with Crippen LogP contribution in [0.3, 0.4) is 0 Å². The third-order valence-corrected chi connectivity index (χ3v) is 2.41. The van der Waals surface area contributed by atoms with E-state index in [1.54, 1.807) is 0 Å². The van der Waals surface area contributed by atoms with Gasteiger partial charge in [-0.2, -0.15) is 0 Å². The van der Waals surface area contributed by atoms with Crippen LogP contribution in [-0.4, -0.2) is 46.8 Å². The number of carboxylic acids is 1. The lowest BCUT2D eigenvalue weighted by atomic mass is 10.1. The number of hydrogen-bond acceptors (Lipinski definition) is 4. The highest BCUT2D eigenvalue weighted by Crippen LogP contribution is 2.11. The van der Waals surface area contributed by atoms with Crippen molar-refractivity contribution in [1.82, 2.24) is 4.90 Å². The largest absolute Gasteiger partial charge is 0.480 e. The molecule has 0 aliphatic rings. The number of benzene rings is 1. The summed E-state index contributed by atoms with van der Waals surface area (Å²) in [6, 6.07) is 5.84. The van der Waals surface area contributed by atoms with E-state index < -0.39 is 30.9 Å². The van der Waals surface area contributed by atoms with E-state index in [-0.39, 0.29) is 11.5 Å². The summed E-state index contributed by atoms with van der Waals surface area (Å²) in [5.74, 6) is -2.94. The third kappa shape index (κ3) is 5.31. The smallest absolute Gasteiger partial charge is 0.323 e. The minimum Gasteiger partial charge on any atom is -0.480 e. The molecule has 3 amide bonds. The molecule has 0 fully saturated rings. The summed E-state index contributed by atoms with van der Waals surface area (Å²) in [7, 11) is 0. The summed E-state index contributed by atoms with van der Waals surface area (Å²) in [6.07, 6.45) is 0. The van der Waals surface area contributed by atoms with E-state index in [0.29, 0.717) is 5.69 Å².